The molecular formula is C20H27N3O2. The zero-order valence-corrected chi connectivity index (χ0v) is 15.6. The monoisotopic (exact) mass is 341 g/mol. The molecular weight excluding hydrogens is 314 g/mol. The molecule has 1 amide bonds. The summed E-state index contributed by atoms with van der Waals surface area (Å²) >= 11 is 0. The molecule has 0 saturated carbocycles. The molecule has 0 aliphatic carbocycles. The summed E-state index contributed by atoms with van der Waals surface area (Å²) in [5, 5.41) is 0.471. The molecule has 1 N–H and O–H groups in total. The number of aromatic amines is 1. The number of amides is 1. The smallest absolute Gasteiger partial charge is 0.259 e. The SMILES string of the molecule is Cc1ccc2c(=O)c(C(=O)N3CCCC(C(C)(C)C)CC3)c[nH]c2n1. The Bertz CT molecular complexity index is 848. The normalized spacial score (nSPS) is 19.0. The van der Waals surface area contributed by atoms with Crippen LogP contribution in [0.3, 0.4) is 0 Å². The second kappa shape index (κ2) is 6.62. The number of hydrogen-bond donors (Lipinski definition) is 1. The van der Waals surface area contributed by atoms with Crippen molar-refractivity contribution in [2.45, 2.75) is 47.0 Å². The van der Waals surface area contributed by atoms with E-state index in [2.05, 4.69) is 30.7 Å². The first-order valence-electron chi connectivity index (χ1n) is 9.05. The van der Waals surface area contributed by atoms with E-state index in [1.165, 1.54) is 6.20 Å². The van der Waals surface area contributed by atoms with E-state index in [-0.39, 0.29) is 22.3 Å². The summed E-state index contributed by atoms with van der Waals surface area (Å²) < 4.78 is 0. The lowest BCUT2D eigenvalue weighted by Crippen LogP contribution is -2.35. The molecule has 5 nitrogen and oxygen atoms in total. The van der Waals surface area contributed by atoms with Crippen molar-refractivity contribution in [1.82, 2.24) is 14.9 Å². The number of carbonyl (C=O) groups excluding carboxylic acids is 1. The molecule has 1 saturated heterocycles. The molecule has 1 atom stereocenters. The minimum atomic E-state index is -0.233. The van der Waals surface area contributed by atoms with Crippen LogP contribution >= 0.6 is 0 Å². The van der Waals surface area contributed by atoms with E-state index in [9.17, 15) is 9.59 Å². The van der Waals surface area contributed by atoms with Crippen molar-refractivity contribution >= 4 is 16.9 Å². The first-order chi connectivity index (χ1) is 11.8. The highest BCUT2D eigenvalue weighted by molar-refractivity contribution is 5.96. The highest BCUT2D eigenvalue weighted by atomic mass is 16.2. The van der Waals surface area contributed by atoms with Gasteiger partial charge in [-0.05, 0) is 49.7 Å². The van der Waals surface area contributed by atoms with Crippen LogP contribution in [-0.4, -0.2) is 33.9 Å². The van der Waals surface area contributed by atoms with Gasteiger partial charge in [0.1, 0.15) is 11.2 Å². The van der Waals surface area contributed by atoms with E-state index < -0.39 is 0 Å². The number of nitrogens with one attached hydrogen (secondary N) is 1. The first-order valence-corrected chi connectivity index (χ1v) is 9.05. The molecule has 1 fully saturated rings. The Morgan fingerprint density at radius 3 is 2.72 bits per heavy atom. The summed E-state index contributed by atoms with van der Waals surface area (Å²) in [4.78, 5) is 34.8. The highest BCUT2D eigenvalue weighted by Crippen LogP contribution is 2.34. The van der Waals surface area contributed by atoms with Gasteiger partial charge in [0.25, 0.3) is 5.91 Å². The van der Waals surface area contributed by atoms with Crippen molar-refractivity contribution in [3.05, 3.63) is 39.8 Å². The molecule has 0 spiro atoms. The first kappa shape index (κ1) is 17.6. The number of likely N-dealkylation sites (tertiary alicyclic amines) is 1. The van der Waals surface area contributed by atoms with Crippen LogP contribution in [0, 0.1) is 18.3 Å². The van der Waals surface area contributed by atoms with Crippen LogP contribution < -0.4 is 5.43 Å². The molecule has 3 heterocycles. The van der Waals surface area contributed by atoms with Gasteiger partial charge < -0.3 is 9.88 Å². The van der Waals surface area contributed by atoms with Crippen molar-refractivity contribution in [2.24, 2.45) is 11.3 Å². The molecule has 5 heteroatoms. The number of aryl methyl sites for hydroxylation is 1. The fourth-order valence-electron chi connectivity index (χ4n) is 3.70. The van der Waals surface area contributed by atoms with Crippen LogP contribution in [0.25, 0.3) is 11.0 Å². The Hall–Kier alpha value is -2.17. The van der Waals surface area contributed by atoms with Crippen LogP contribution in [0.15, 0.2) is 23.1 Å². The molecule has 2 aromatic rings. The maximum absolute atomic E-state index is 12.9. The Morgan fingerprint density at radius 1 is 1.24 bits per heavy atom. The van der Waals surface area contributed by atoms with E-state index in [0.717, 1.165) is 31.5 Å². The molecule has 1 aliphatic rings. The average Bonchev–Trinajstić information content (AvgIpc) is 2.80. The van der Waals surface area contributed by atoms with E-state index in [4.69, 9.17) is 0 Å². The van der Waals surface area contributed by atoms with Crippen LogP contribution in [0.1, 0.15) is 56.1 Å². The molecule has 1 unspecified atom stereocenters. The lowest BCUT2D eigenvalue weighted by Gasteiger charge is -2.29. The zero-order chi connectivity index (χ0) is 18.2. The molecule has 3 rings (SSSR count). The van der Waals surface area contributed by atoms with E-state index >= 15 is 0 Å². The lowest BCUT2D eigenvalue weighted by molar-refractivity contribution is 0.0754. The number of hydrogen-bond acceptors (Lipinski definition) is 3. The van der Waals surface area contributed by atoms with Crippen LogP contribution in [0.5, 0.6) is 0 Å². The molecule has 2 aromatic heterocycles. The Kier molecular flexibility index (Phi) is 4.67. The Balaban J connectivity index is 1.86. The number of H-pyrrole nitrogens is 1. The number of rotatable bonds is 1. The van der Waals surface area contributed by atoms with Gasteiger partial charge in [-0.25, -0.2) is 4.98 Å². The van der Waals surface area contributed by atoms with Crippen molar-refractivity contribution < 1.29 is 4.79 Å². The number of pyridine rings is 2. The molecule has 0 aromatic carbocycles. The molecule has 1 aliphatic heterocycles. The van der Waals surface area contributed by atoms with Crippen molar-refractivity contribution in [1.29, 1.82) is 0 Å². The lowest BCUT2D eigenvalue weighted by atomic mass is 9.77. The summed E-state index contributed by atoms with van der Waals surface area (Å²) in [6.45, 7) is 10.1. The highest BCUT2D eigenvalue weighted by Gasteiger charge is 2.29. The summed E-state index contributed by atoms with van der Waals surface area (Å²) in [5.74, 6) is 0.436. The van der Waals surface area contributed by atoms with Gasteiger partial charge in [0.2, 0.25) is 5.43 Å². The van der Waals surface area contributed by atoms with E-state index in [0.29, 0.717) is 23.5 Å². The molecule has 0 radical (unpaired) electrons. The zero-order valence-electron chi connectivity index (χ0n) is 15.6. The van der Waals surface area contributed by atoms with Gasteiger partial charge in [0.15, 0.2) is 0 Å². The number of carbonyl (C=O) groups is 1. The summed E-state index contributed by atoms with van der Waals surface area (Å²) in [5.41, 5.74) is 1.60. The van der Waals surface area contributed by atoms with Crippen LogP contribution in [0.4, 0.5) is 0 Å². The predicted molar refractivity (Wildman–Crippen MR) is 99.8 cm³/mol. The predicted octanol–water partition coefficient (Wildman–Crippen LogP) is 3.52. The Morgan fingerprint density at radius 2 is 2.00 bits per heavy atom. The largest absolute Gasteiger partial charge is 0.345 e. The molecule has 134 valence electrons. The van der Waals surface area contributed by atoms with Crippen LogP contribution in [-0.2, 0) is 0 Å². The number of aromatic nitrogens is 2. The number of nitrogens with zero attached hydrogens (tertiary/aromatic N) is 2. The summed E-state index contributed by atoms with van der Waals surface area (Å²) in [6, 6.07) is 3.54. The second-order valence-electron chi connectivity index (χ2n) is 8.17. The van der Waals surface area contributed by atoms with Gasteiger partial charge in [0.05, 0.1) is 5.39 Å². The van der Waals surface area contributed by atoms with Gasteiger partial charge in [-0.3, -0.25) is 9.59 Å². The third-order valence-electron chi connectivity index (χ3n) is 5.35. The summed E-state index contributed by atoms with van der Waals surface area (Å²) in [6.07, 6.45) is 4.62. The second-order valence-corrected chi connectivity index (χ2v) is 8.17. The third kappa shape index (κ3) is 3.60. The fourth-order valence-corrected chi connectivity index (χ4v) is 3.70. The van der Waals surface area contributed by atoms with Crippen molar-refractivity contribution in [2.75, 3.05) is 13.1 Å². The fraction of sp³-hybridized carbons (Fsp3) is 0.550. The van der Waals surface area contributed by atoms with E-state index in [1.54, 1.807) is 12.1 Å². The third-order valence-corrected chi connectivity index (χ3v) is 5.35. The number of fused-ring (bicyclic) bond motifs is 1. The maximum Gasteiger partial charge on any atom is 0.259 e. The van der Waals surface area contributed by atoms with Gasteiger partial charge in [-0.1, -0.05) is 20.8 Å². The van der Waals surface area contributed by atoms with Gasteiger partial charge in [0, 0.05) is 25.0 Å². The van der Waals surface area contributed by atoms with Gasteiger partial charge in [-0.15, -0.1) is 0 Å². The molecule has 25 heavy (non-hydrogen) atoms. The quantitative estimate of drug-likeness (QED) is 0.863. The minimum Gasteiger partial charge on any atom is -0.345 e. The topological polar surface area (TPSA) is 66.1 Å². The maximum atomic E-state index is 12.9. The van der Waals surface area contributed by atoms with Gasteiger partial charge in [-0.2, -0.15) is 0 Å². The van der Waals surface area contributed by atoms with Crippen molar-refractivity contribution in [3.63, 3.8) is 0 Å². The van der Waals surface area contributed by atoms with Crippen molar-refractivity contribution in [3.8, 4) is 0 Å². The molecule has 0 bridgehead atoms. The average molecular weight is 341 g/mol. The Labute approximate surface area is 148 Å². The minimum absolute atomic E-state index is 0.168. The van der Waals surface area contributed by atoms with Crippen LogP contribution in [0.2, 0.25) is 0 Å². The van der Waals surface area contributed by atoms with E-state index in [1.807, 2.05) is 11.8 Å². The standard InChI is InChI=1S/C20H27N3O2/c1-13-7-8-15-17(24)16(12-21-18(15)22-13)19(25)23-10-5-6-14(9-11-23)20(2,3)4/h7-8,12,14H,5-6,9-11H2,1-4H3,(H,21,22,24). The van der Waals surface area contributed by atoms with Gasteiger partial charge >= 0.3 is 0 Å². The summed E-state index contributed by atoms with van der Waals surface area (Å²) in [7, 11) is 0.